The fraction of sp³-hybridized carbons (Fsp3) is 1.00. The minimum absolute atomic E-state index is 0.613. The number of hydrogen-bond donors (Lipinski definition) is 0. The molecular weight excluding hydrogens is 192 g/mol. The molecule has 3 fully saturated rings. The van der Waals surface area contributed by atoms with Crippen LogP contribution in [0, 0.1) is 27.6 Å². The van der Waals surface area contributed by atoms with E-state index in [1.54, 1.807) is 6.42 Å². The minimum atomic E-state index is 0.613. The summed E-state index contributed by atoms with van der Waals surface area (Å²) in [5.41, 5.74) is 2.69. The quantitative estimate of drug-likeness (QED) is 0.581. The van der Waals surface area contributed by atoms with Crippen LogP contribution in [0.3, 0.4) is 0 Å². The zero-order chi connectivity index (χ0) is 11.8. The Morgan fingerprint density at radius 3 is 2.06 bits per heavy atom. The summed E-state index contributed by atoms with van der Waals surface area (Å²) < 4.78 is 0. The highest BCUT2D eigenvalue weighted by Crippen LogP contribution is 2.81. The fourth-order valence-electron chi connectivity index (χ4n) is 5.97. The van der Waals surface area contributed by atoms with Crippen molar-refractivity contribution in [3.63, 3.8) is 0 Å². The van der Waals surface area contributed by atoms with Crippen LogP contribution in [0.2, 0.25) is 0 Å². The maximum Gasteiger partial charge on any atom is -0.0215 e. The highest BCUT2D eigenvalue weighted by Gasteiger charge is 2.72. The molecule has 0 nitrogen and oxygen atoms in total. The molecule has 0 radical (unpaired) electrons. The first kappa shape index (κ1) is 11.1. The molecule has 0 saturated heterocycles. The zero-order valence-corrected chi connectivity index (χ0v) is 11.8. The molecule has 1 spiro atoms. The molecule has 0 aliphatic heterocycles. The first-order chi connectivity index (χ1) is 7.29. The second-order valence-electron chi connectivity index (χ2n) is 8.29. The predicted molar refractivity (Wildman–Crippen MR) is 69.3 cm³/mol. The molecule has 3 rings (SSSR count). The van der Waals surface area contributed by atoms with Crippen LogP contribution in [0.25, 0.3) is 0 Å². The Kier molecular flexibility index (Phi) is 1.87. The smallest absolute Gasteiger partial charge is 0.0215 e. The molecule has 92 valence electrons. The Labute approximate surface area is 101 Å². The van der Waals surface area contributed by atoms with E-state index in [0.29, 0.717) is 16.2 Å². The van der Waals surface area contributed by atoms with Gasteiger partial charge in [-0.05, 0) is 59.7 Å². The van der Waals surface area contributed by atoms with Gasteiger partial charge < -0.3 is 0 Å². The van der Waals surface area contributed by atoms with E-state index in [0.717, 1.165) is 11.3 Å². The lowest BCUT2D eigenvalue weighted by Crippen LogP contribution is -2.54. The van der Waals surface area contributed by atoms with Crippen molar-refractivity contribution < 1.29 is 0 Å². The van der Waals surface area contributed by atoms with Gasteiger partial charge in [-0.15, -0.1) is 0 Å². The molecule has 0 aromatic rings. The van der Waals surface area contributed by atoms with Crippen LogP contribution >= 0.6 is 0 Å². The molecule has 3 aliphatic rings. The summed E-state index contributed by atoms with van der Waals surface area (Å²) in [6, 6.07) is 0. The Bertz CT molecular complexity index is 319. The fourth-order valence-corrected chi connectivity index (χ4v) is 5.97. The number of hydrogen-bond acceptors (Lipinski definition) is 0. The van der Waals surface area contributed by atoms with Crippen LogP contribution in [0.4, 0.5) is 0 Å². The van der Waals surface area contributed by atoms with Crippen LogP contribution in [-0.2, 0) is 0 Å². The van der Waals surface area contributed by atoms with Crippen molar-refractivity contribution in [1.29, 1.82) is 0 Å². The lowest BCUT2D eigenvalue weighted by Gasteiger charge is -2.63. The van der Waals surface area contributed by atoms with E-state index >= 15 is 0 Å². The third-order valence-corrected chi connectivity index (χ3v) is 7.63. The van der Waals surface area contributed by atoms with Crippen molar-refractivity contribution in [2.75, 3.05) is 0 Å². The number of fused-ring (bicyclic) bond motifs is 3. The minimum Gasteiger partial charge on any atom is -0.0649 e. The van der Waals surface area contributed by atoms with Crippen LogP contribution in [-0.4, -0.2) is 0 Å². The maximum absolute atomic E-state index is 2.62. The lowest BCUT2D eigenvalue weighted by atomic mass is 9.42. The van der Waals surface area contributed by atoms with Gasteiger partial charge in [0, 0.05) is 0 Å². The summed E-state index contributed by atoms with van der Waals surface area (Å²) in [4.78, 5) is 0. The molecule has 2 atom stereocenters. The van der Waals surface area contributed by atoms with Crippen molar-refractivity contribution in [2.24, 2.45) is 27.6 Å². The molecule has 0 amide bonds. The van der Waals surface area contributed by atoms with Gasteiger partial charge in [0.05, 0.1) is 0 Å². The average Bonchev–Trinajstić information content (AvgIpc) is 2.47. The zero-order valence-electron chi connectivity index (χ0n) is 11.8. The highest BCUT2D eigenvalue weighted by atomic mass is 14.8. The predicted octanol–water partition coefficient (Wildman–Crippen LogP) is 5.03. The summed E-state index contributed by atoms with van der Waals surface area (Å²) in [6.07, 6.45) is 8.99. The third-order valence-electron chi connectivity index (χ3n) is 7.63. The van der Waals surface area contributed by atoms with Crippen molar-refractivity contribution in [1.82, 2.24) is 0 Å². The monoisotopic (exact) mass is 220 g/mol. The Morgan fingerprint density at radius 2 is 1.69 bits per heavy atom. The summed E-state index contributed by atoms with van der Waals surface area (Å²) in [5.74, 6) is 1.03. The van der Waals surface area contributed by atoms with Crippen molar-refractivity contribution in [3.05, 3.63) is 0 Å². The largest absolute Gasteiger partial charge is 0.0649 e. The van der Waals surface area contributed by atoms with Gasteiger partial charge in [0.1, 0.15) is 0 Å². The molecule has 2 unspecified atom stereocenters. The lowest BCUT2D eigenvalue weighted by molar-refractivity contribution is -0.131. The van der Waals surface area contributed by atoms with Gasteiger partial charge in [-0.1, -0.05) is 41.0 Å². The normalized spacial score (nSPS) is 57.9. The molecule has 3 saturated carbocycles. The first-order valence-electron chi connectivity index (χ1n) is 7.29. The molecule has 0 heterocycles. The molecule has 16 heavy (non-hydrogen) atoms. The summed E-state index contributed by atoms with van der Waals surface area (Å²) >= 11 is 0. The average molecular weight is 220 g/mol. The summed E-state index contributed by atoms with van der Waals surface area (Å²) in [6.45, 7) is 12.6. The second kappa shape index (κ2) is 2.70. The van der Waals surface area contributed by atoms with Crippen LogP contribution in [0.5, 0.6) is 0 Å². The topological polar surface area (TPSA) is 0 Å². The SMILES string of the molecule is CCC1(C)CC2(CC3CCC2(C)C3(C)C)C1. The second-order valence-corrected chi connectivity index (χ2v) is 8.29. The molecule has 0 N–H and O–H groups in total. The van der Waals surface area contributed by atoms with E-state index in [9.17, 15) is 0 Å². The van der Waals surface area contributed by atoms with Gasteiger partial charge >= 0.3 is 0 Å². The van der Waals surface area contributed by atoms with Gasteiger partial charge in [-0.25, -0.2) is 0 Å². The van der Waals surface area contributed by atoms with Crippen molar-refractivity contribution in [2.45, 2.75) is 73.1 Å². The molecule has 2 bridgehead atoms. The van der Waals surface area contributed by atoms with Crippen LogP contribution in [0.1, 0.15) is 73.1 Å². The van der Waals surface area contributed by atoms with Crippen molar-refractivity contribution >= 4 is 0 Å². The van der Waals surface area contributed by atoms with E-state index in [2.05, 4.69) is 34.6 Å². The Hall–Kier alpha value is 0. The molecule has 0 aromatic heterocycles. The van der Waals surface area contributed by atoms with Crippen LogP contribution in [0.15, 0.2) is 0 Å². The molecule has 0 heteroatoms. The van der Waals surface area contributed by atoms with Crippen molar-refractivity contribution in [3.8, 4) is 0 Å². The van der Waals surface area contributed by atoms with E-state index in [4.69, 9.17) is 0 Å². The molecule has 3 aliphatic carbocycles. The van der Waals surface area contributed by atoms with Gasteiger partial charge in [-0.3, -0.25) is 0 Å². The van der Waals surface area contributed by atoms with Gasteiger partial charge in [0.2, 0.25) is 0 Å². The van der Waals surface area contributed by atoms with Gasteiger partial charge in [-0.2, -0.15) is 0 Å². The standard InChI is InChI=1S/C16H28/c1-6-14(4)10-16(11-14)9-12-7-8-15(16,5)13(12,2)3/h12H,6-11H2,1-5H3. The summed E-state index contributed by atoms with van der Waals surface area (Å²) in [7, 11) is 0. The summed E-state index contributed by atoms with van der Waals surface area (Å²) in [5, 5.41) is 0. The molecular formula is C16H28. The van der Waals surface area contributed by atoms with Crippen LogP contribution < -0.4 is 0 Å². The van der Waals surface area contributed by atoms with E-state index in [-0.39, 0.29) is 0 Å². The third kappa shape index (κ3) is 0.946. The highest BCUT2D eigenvalue weighted by molar-refractivity contribution is 5.22. The van der Waals surface area contributed by atoms with E-state index < -0.39 is 0 Å². The van der Waals surface area contributed by atoms with E-state index in [1.165, 1.54) is 32.1 Å². The molecule has 0 aromatic carbocycles. The van der Waals surface area contributed by atoms with E-state index in [1.807, 2.05) is 0 Å². The Balaban J connectivity index is 1.92. The first-order valence-corrected chi connectivity index (χ1v) is 7.29. The Morgan fingerprint density at radius 1 is 1.06 bits per heavy atom. The van der Waals surface area contributed by atoms with Gasteiger partial charge in [0.15, 0.2) is 0 Å². The number of rotatable bonds is 1. The van der Waals surface area contributed by atoms with Gasteiger partial charge in [0.25, 0.3) is 0 Å². The maximum atomic E-state index is 2.62.